The summed E-state index contributed by atoms with van der Waals surface area (Å²) in [6, 6.07) is 5.80. The molecular formula is C13H12BrNO3. The minimum atomic E-state index is -0.897. The lowest BCUT2D eigenvalue weighted by Crippen LogP contribution is -2.48. The first-order chi connectivity index (χ1) is 8.60. The Morgan fingerprint density at radius 3 is 2.94 bits per heavy atom. The number of rotatable bonds is 1. The van der Waals surface area contributed by atoms with Crippen LogP contribution in [0.1, 0.15) is 24.5 Å². The molecule has 1 atom stereocenters. The van der Waals surface area contributed by atoms with Gasteiger partial charge in [0.25, 0.3) is 0 Å². The summed E-state index contributed by atoms with van der Waals surface area (Å²) in [6.45, 7) is 2.45. The highest BCUT2D eigenvalue weighted by Crippen LogP contribution is 2.44. The Bertz CT molecular complexity index is 557. The molecule has 1 saturated heterocycles. The molecule has 18 heavy (non-hydrogen) atoms. The summed E-state index contributed by atoms with van der Waals surface area (Å²) in [6.07, 6.45) is 1.30. The van der Waals surface area contributed by atoms with Gasteiger partial charge in [-0.15, -0.1) is 0 Å². The van der Waals surface area contributed by atoms with Crippen molar-refractivity contribution in [2.24, 2.45) is 0 Å². The molecule has 5 heteroatoms. The molecule has 1 unspecified atom stereocenters. The number of esters is 1. The SMILES string of the molecule is CCC12OC(=O)C(=O)N1CCc1c(Br)cccc12. The summed E-state index contributed by atoms with van der Waals surface area (Å²) in [5.74, 6) is -1.27. The average molecular weight is 310 g/mol. The molecule has 0 aliphatic carbocycles. The zero-order chi connectivity index (χ0) is 12.9. The summed E-state index contributed by atoms with van der Waals surface area (Å²) in [7, 11) is 0. The molecule has 1 amide bonds. The lowest BCUT2D eigenvalue weighted by molar-refractivity contribution is -0.158. The molecule has 0 spiro atoms. The van der Waals surface area contributed by atoms with Crippen molar-refractivity contribution in [3.8, 4) is 0 Å². The van der Waals surface area contributed by atoms with Crippen LogP contribution in [0, 0.1) is 0 Å². The second-order valence-corrected chi connectivity index (χ2v) is 5.35. The number of hydrogen-bond acceptors (Lipinski definition) is 3. The number of ether oxygens (including phenoxy) is 1. The van der Waals surface area contributed by atoms with Gasteiger partial charge in [-0.1, -0.05) is 35.0 Å². The number of halogens is 1. The second-order valence-electron chi connectivity index (χ2n) is 4.50. The van der Waals surface area contributed by atoms with Crippen molar-refractivity contribution in [3.05, 3.63) is 33.8 Å². The van der Waals surface area contributed by atoms with Crippen LogP contribution in [0.2, 0.25) is 0 Å². The Morgan fingerprint density at radius 2 is 2.22 bits per heavy atom. The van der Waals surface area contributed by atoms with Crippen molar-refractivity contribution in [3.63, 3.8) is 0 Å². The molecule has 4 nitrogen and oxygen atoms in total. The Balaban J connectivity index is 2.23. The molecule has 0 radical (unpaired) electrons. The van der Waals surface area contributed by atoms with E-state index in [4.69, 9.17) is 4.74 Å². The third-order valence-corrected chi connectivity index (χ3v) is 4.46. The van der Waals surface area contributed by atoms with Gasteiger partial charge in [-0.2, -0.15) is 0 Å². The van der Waals surface area contributed by atoms with Gasteiger partial charge >= 0.3 is 11.9 Å². The van der Waals surface area contributed by atoms with E-state index in [9.17, 15) is 9.59 Å². The van der Waals surface area contributed by atoms with Gasteiger partial charge in [-0.05, 0) is 18.1 Å². The van der Waals surface area contributed by atoms with Gasteiger partial charge in [0.1, 0.15) is 0 Å². The summed E-state index contributed by atoms with van der Waals surface area (Å²) in [5.41, 5.74) is 1.15. The first-order valence-corrected chi connectivity index (χ1v) is 6.72. The van der Waals surface area contributed by atoms with Gasteiger partial charge in [0.2, 0.25) is 5.72 Å². The normalized spacial score (nSPS) is 25.8. The molecule has 1 aromatic rings. The van der Waals surface area contributed by atoms with Crippen LogP contribution in [-0.2, 0) is 26.5 Å². The Hall–Kier alpha value is -1.36. The largest absolute Gasteiger partial charge is 0.427 e. The fourth-order valence-electron chi connectivity index (χ4n) is 2.86. The number of hydrogen-bond donors (Lipinski definition) is 0. The second kappa shape index (κ2) is 3.82. The van der Waals surface area contributed by atoms with Crippen molar-refractivity contribution in [1.29, 1.82) is 0 Å². The third kappa shape index (κ3) is 1.31. The van der Waals surface area contributed by atoms with Crippen LogP contribution < -0.4 is 0 Å². The minimum absolute atomic E-state index is 0.522. The molecule has 0 N–H and O–H groups in total. The molecule has 0 bridgehead atoms. The molecule has 1 fully saturated rings. The summed E-state index contributed by atoms with van der Waals surface area (Å²) < 4.78 is 6.42. The molecule has 0 aromatic heterocycles. The van der Waals surface area contributed by atoms with Crippen molar-refractivity contribution in [1.82, 2.24) is 4.90 Å². The fraction of sp³-hybridized carbons (Fsp3) is 0.385. The van der Waals surface area contributed by atoms with Crippen LogP contribution in [0.3, 0.4) is 0 Å². The zero-order valence-corrected chi connectivity index (χ0v) is 11.5. The monoisotopic (exact) mass is 309 g/mol. The first kappa shape index (κ1) is 11.7. The van der Waals surface area contributed by atoms with Gasteiger partial charge in [0, 0.05) is 23.0 Å². The van der Waals surface area contributed by atoms with Gasteiger partial charge < -0.3 is 4.74 Å². The predicted molar refractivity (Wildman–Crippen MR) is 67.6 cm³/mol. The number of carbonyl (C=O) groups excluding carboxylic acids is 2. The molecule has 2 aliphatic rings. The number of fused-ring (bicyclic) bond motifs is 3. The van der Waals surface area contributed by atoms with Gasteiger partial charge in [-0.3, -0.25) is 9.69 Å². The molecular weight excluding hydrogens is 298 g/mol. The summed E-state index contributed by atoms with van der Waals surface area (Å²) in [5, 5.41) is 0. The van der Waals surface area contributed by atoms with E-state index in [1.165, 1.54) is 0 Å². The van der Waals surface area contributed by atoms with Gasteiger partial charge in [0.05, 0.1) is 0 Å². The number of benzene rings is 1. The van der Waals surface area contributed by atoms with E-state index in [0.717, 1.165) is 22.0 Å². The molecule has 1 aromatic carbocycles. The van der Waals surface area contributed by atoms with Crippen molar-refractivity contribution in [2.45, 2.75) is 25.5 Å². The lowest BCUT2D eigenvalue weighted by Gasteiger charge is -2.40. The van der Waals surface area contributed by atoms with Crippen molar-refractivity contribution in [2.75, 3.05) is 6.54 Å². The van der Waals surface area contributed by atoms with E-state index < -0.39 is 17.6 Å². The highest BCUT2D eigenvalue weighted by molar-refractivity contribution is 9.10. The van der Waals surface area contributed by atoms with Gasteiger partial charge in [0.15, 0.2) is 0 Å². The van der Waals surface area contributed by atoms with Crippen LogP contribution >= 0.6 is 15.9 Å². The van der Waals surface area contributed by atoms with Crippen molar-refractivity contribution >= 4 is 27.8 Å². The zero-order valence-electron chi connectivity index (χ0n) is 9.90. The van der Waals surface area contributed by atoms with E-state index in [2.05, 4.69) is 15.9 Å². The first-order valence-electron chi connectivity index (χ1n) is 5.93. The van der Waals surface area contributed by atoms with Gasteiger partial charge in [-0.25, -0.2) is 4.79 Å². The highest BCUT2D eigenvalue weighted by Gasteiger charge is 2.55. The van der Waals surface area contributed by atoms with Crippen LogP contribution in [-0.4, -0.2) is 23.3 Å². The number of nitrogens with zero attached hydrogens (tertiary/aromatic N) is 1. The maximum atomic E-state index is 11.8. The van der Waals surface area contributed by atoms with E-state index in [1.807, 2.05) is 25.1 Å². The quantitative estimate of drug-likeness (QED) is 0.588. The molecule has 94 valence electrons. The van der Waals surface area contributed by atoms with Crippen LogP contribution in [0.25, 0.3) is 0 Å². The molecule has 3 rings (SSSR count). The van der Waals surface area contributed by atoms with Crippen molar-refractivity contribution < 1.29 is 14.3 Å². The fourth-order valence-corrected chi connectivity index (χ4v) is 3.43. The van der Waals surface area contributed by atoms with E-state index in [1.54, 1.807) is 4.90 Å². The summed E-state index contributed by atoms with van der Waals surface area (Å²) >= 11 is 3.52. The number of carbonyl (C=O) groups is 2. The van der Waals surface area contributed by atoms with Crippen LogP contribution in [0.4, 0.5) is 0 Å². The molecule has 2 aliphatic heterocycles. The Kier molecular flexibility index (Phi) is 2.48. The molecule has 0 saturated carbocycles. The Morgan fingerprint density at radius 1 is 1.44 bits per heavy atom. The smallest absolute Gasteiger partial charge is 0.399 e. The van der Waals surface area contributed by atoms with E-state index in [0.29, 0.717) is 13.0 Å². The molecule has 2 heterocycles. The highest BCUT2D eigenvalue weighted by atomic mass is 79.9. The third-order valence-electron chi connectivity index (χ3n) is 3.72. The lowest BCUT2D eigenvalue weighted by atomic mass is 9.88. The standard InChI is InChI=1S/C13H12BrNO3/c1-2-13-9-4-3-5-10(14)8(9)6-7-15(13)11(16)12(17)18-13/h3-5H,2,6-7H2,1H3. The van der Waals surface area contributed by atoms with E-state index >= 15 is 0 Å². The maximum Gasteiger partial charge on any atom is 0.399 e. The van der Waals surface area contributed by atoms with E-state index in [-0.39, 0.29) is 0 Å². The van der Waals surface area contributed by atoms with Crippen LogP contribution in [0.15, 0.2) is 22.7 Å². The number of amides is 1. The topological polar surface area (TPSA) is 46.6 Å². The maximum absolute atomic E-state index is 11.8. The predicted octanol–water partition coefficient (Wildman–Crippen LogP) is 1.95. The minimum Gasteiger partial charge on any atom is -0.427 e. The van der Waals surface area contributed by atoms with Crippen LogP contribution in [0.5, 0.6) is 0 Å². The summed E-state index contributed by atoms with van der Waals surface area (Å²) in [4.78, 5) is 25.0. The Labute approximate surface area is 113 Å². The average Bonchev–Trinajstić information content (AvgIpc) is 2.63.